The summed E-state index contributed by atoms with van der Waals surface area (Å²) in [4.78, 5) is 9.26. The molecule has 1 aromatic carbocycles. The molecule has 2 aromatic heterocycles. The van der Waals surface area contributed by atoms with Gasteiger partial charge in [-0.1, -0.05) is 30.3 Å². The Balaban J connectivity index is 1.63. The van der Waals surface area contributed by atoms with Crippen molar-refractivity contribution < 1.29 is 9.52 Å². The van der Waals surface area contributed by atoms with Gasteiger partial charge >= 0.3 is 0 Å². The van der Waals surface area contributed by atoms with Gasteiger partial charge in [-0.25, -0.2) is 9.98 Å². The molecule has 148 valence electrons. The molecule has 0 amide bonds. The number of thiazole rings is 1. The molecule has 0 aliphatic rings. The summed E-state index contributed by atoms with van der Waals surface area (Å²) in [7, 11) is 0. The van der Waals surface area contributed by atoms with E-state index in [0.29, 0.717) is 18.3 Å². The maximum atomic E-state index is 10.7. The summed E-state index contributed by atoms with van der Waals surface area (Å²) in [6.07, 6.45) is 0. The molecule has 0 spiro atoms. The van der Waals surface area contributed by atoms with E-state index in [1.165, 1.54) is 0 Å². The Kier molecular flexibility index (Phi) is 6.49. The molecule has 0 aliphatic heterocycles. The van der Waals surface area contributed by atoms with Crippen LogP contribution in [0.5, 0.6) is 0 Å². The van der Waals surface area contributed by atoms with E-state index in [-0.39, 0.29) is 6.54 Å². The lowest BCUT2D eigenvalue weighted by Crippen LogP contribution is -2.44. The number of aliphatic hydroxyl groups is 1. The van der Waals surface area contributed by atoms with Crippen LogP contribution in [0.15, 0.2) is 57.3 Å². The highest BCUT2D eigenvalue weighted by molar-refractivity contribution is 7.09. The van der Waals surface area contributed by atoms with Gasteiger partial charge < -0.3 is 20.2 Å². The fourth-order valence-corrected chi connectivity index (χ4v) is 3.41. The standard InChI is InChI=1S/C21H26N4O2S/c1-4-22-20(24-14-21(3,26)18-11-10-15(2)27-18)23-12-19-25-17(13-28-19)16-8-6-5-7-9-16/h5-11,13,26H,4,12,14H2,1-3H3,(H2,22,23,24). The highest BCUT2D eigenvalue weighted by Gasteiger charge is 2.27. The summed E-state index contributed by atoms with van der Waals surface area (Å²) in [6.45, 7) is 7.04. The summed E-state index contributed by atoms with van der Waals surface area (Å²) in [5.74, 6) is 1.93. The predicted molar refractivity (Wildman–Crippen MR) is 113 cm³/mol. The zero-order valence-electron chi connectivity index (χ0n) is 16.4. The Morgan fingerprint density at radius 1 is 1.21 bits per heavy atom. The van der Waals surface area contributed by atoms with Crippen LogP contribution in [0.2, 0.25) is 0 Å². The van der Waals surface area contributed by atoms with Gasteiger partial charge in [-0.05, 0) is 32.9 Å². The van der Waals surface area contributed by atoms with Crippen molar-refractivity contribution in [2.75, 3.05) is 13.1 Å². The van der Waals surface area contributed by atoms with E-state index in [9.17, 15) is 5.11 Å². The lowest BCUT2D eigenvalue weighted by molar-refractivity contribution is 0.0378. The first-order valence-corrected chi connectivity index (χ1v) is 10.2. The zero-order valence-corrected chi connectivity index (χ0v) is 17.2. The fraction of sp³-hybridized carbons (Fsp3) is 0.333. The molecular weight excluding hydrogens is 372 g/mol. The molecule has 3 rings (SSSR count). The van der Waals surface area contributed by atoms with Gasteiger partial charge in [0.1, 0.15) is 22.1 Å². The molecule has 3 aromatic rings. The highest BCUT2D eigenvalue weighted by atomic mass is 32.1. The maximum Gasteiger partial charge on any atom is 0.191 e. The van der Waals surface area contributed by atoms with Gasteiger partial charge in [0, 0.05) is 17.5 Å². The number of aromatic nitrogens is 1. The van der Waals surface area contributed by atoms with Crippen LogP contribution < -0.4 is 10.6 Å². The van der Waals surface area contributed by atoms with Crippen LogP contribution in [0, 0.1) is 6.92 Å². The van der Waals surface area contributed by atoms with Crippen LogP contribution in [0.25, 0.3) is 11.3 Å². The highest BCUT2D eigenvalue weighted by Crippen LogP contribution is 2.23. The molecule has 0 aliphatic carbocycles. The van der Waals surface area contributed by atoms with Crippen LogP contribution in [-0.4, -0.2) is 29.1 Å². The van der Waals surface area contributed by atoms with Crippen LogP contribution in [0.4, 0.5) is 0 Å². The average Bonchev–Trinajstić information content (AvgIpc) is 3.34. The molecule has 2 heterocycles. The number of furan rings is 1. The van der Waals surface area contributed by atoms with Crippen molar-refractivity contribution in [2.45, 2.75) is 32.9 Å². The molecule has 0 saturated heterocycles. The SMILES string of the molecule is CCNC(=NCc1nc(-c2ccccc2)cs1)NCC(C)(O)c1ccc(C)o1. The summed E-state index contributed by atoms with van der Waals surface area (Å²) in [5, 5.41) is 20.0. The predicted octanol–water partition coefficient (Wildman–Crippen LogP) is 3.67. The van der Waals surface area contributed by atoms with Crippen molar-refractivity contribution in [1.29, 1.82) is 0 Å². The maximum absolute atomic E-state index is 10.7. The average molecular weight is 399 g/mol. The first-order chi connectivity index (χ1) is 13.5. The zero-order chi connectivity index (χ0) is 20.0. The van der Waals surface area contributed by atoms with Crippen LogP contribution in [0.1, 0.15) is 30.4 Å². The molecule has 28 heavy (non-hydrogen) atoms. The monoisotopic (exact) mass is 398 g/mol. The van der Waals surface area contributed by atoms with E-state index in [1.54, 1.807) is 24.3 Å². The summed E-state index contributed by atoms with van der Waals surface area (Å²) < 4.78 is 5.56. The van der Waals surface area contributed by atoms with Crippen molar-refractivity contribution in [3.05, 3.63) is 64.4 Å². The minimum Gasteiger partial charge on any atom is -0.463 e. The molecule has 0 bridgehead atoms. The molecule has 6 nitrogen and oxygen atoms in total. The van der Waals surface area contributed by atoms with E-state index in [2.05, 4.69) is 20.6 Å². The largest absolute Gasteiger partial charge is 0.463 e. The van der Waals surface area contributed by atoms with E-state index < -0.39 is 5.60 Å². The number of aliphatic imine (C=N–C) groups is 1. The van der Waals surface area contributed by atoms with Crippen molar-refractivity contribution in [2.24, 2.45) is 4.99 Å². The molecular formula is C21H26N4O2S. The number of nitrogens with zero attached hydrogens (tertiary/aromatic N) is 2. The third-order valence-corrected chi connectivity index (χ3v) is 5.04. The van der Waals surface area contributed by atoms with Crippen molar-refractivity contribution >= 4 is 17.3 Å². The topological polar surface area (TPSA) is 82.7 Å². The number of guanidine groups is 1. The van der Waals surface area contributed by atoms with Crippen molar-refractivity contribution in [3.8, 4) is 11.3 Å². The van der Waals surface area contributed by atoms with Gasteiger partial charge in [0.25, 0.3) is 0 Å². The molecule has 1 unspecified atom stereocenters. The minimum absolute atomic E-state index is 0.277. The first kappa shape index (κ1) is 20.1. The summed E-state index contributed by atoms with van der Waals surface area (Å²) >= 11 is 1.59. The second-order valence-corrected chi connectivity index (χ2v) is 7.67. The smallest absolute Gasteiger partial charge is 0.191 e. The number of benzene rings is 1. The molecule has 7 heteroatoms. The molecule has 0 fully saturated rings. The van der Waals surface area contributed by atoms with E-state index >= 15 is 0 Å². The summed E-state index contributed by atoms with van der Waals surface area (Å²) in [5.41, 5.74) is 0.931. The lowest BCUT2D eigenvalue weighted by Gasteiger charge is -2.22. The number of rotatable bonds is 7. The second-order valence-electron chi connectivity index (χ2n) is 6.73. The van der Waals surface area contributed by atoms with Crippen LogP contribution >= 0.6 is 11.3 Å². The first-order valence-electron chi connectivity index (χ1n) is 9.29. The molecule has 3 N–H and O–H groups in total. The second kappa shape index (κ2) is 9.03. The van der Waals surface area contributed by atoms with Gasteiger partial charge in [0.2, 0.25) is 0 Å². The molecule has 1 atom stereocenters. The van der Waals surface area contributed by atoms with Crippen LogP contribution in [-0.2, 0) is 12.1 Å². The van der Waals surface area contributed by atoms with Gasteiger partial charge in [-0.2, -0.15) is 0 Å². The Labute approximate surface area is 169 Å². The normalized spacial score (nSPS) is 13.9. The van der Waals surface area contributed by atoms with E-state index in [4.69, 9.17) is 4.42 Å². The third kappa shape index (κ3) is 5.21. The van der Waals surface area contributed by atoms with Crippen molar-refractivity contribution in [3.63, 3.8) is 0 Å². The minimum atomic E-state index is -1.13. The van der Waals surface area contributed by atoms with Gasteiger partial charge in [0.15, 0.2) is 5.96 Å². The van der Waals surface area contributed by atoms with E-state index in [0.717, 1.165) is 28.6 Å². The van der Waals surface area contributed by atoms with E-state index in [1.807, 2.05) is 55.6 Å². The van der Waals surface area contributed by atoms with Gasteiger partial charge in [-0.15, -0.1) is 11.3 Å². The Morgan fingerprint density at radius 2 is 2.00 bits per heavy atom. The Hall–Kier alpha value is -2.64. The number of hydrogen-bond acceptors (Lipinski definition) is 5. The third-order valence-electron chi connectivity index (χ3n) is 4.21. The number of hydrogen-bond donors (Lipinski definition) is 3. The lowest BCUT2D eigenvalue weighted by atomic mass is 10.0. The Morgan fingerprint density at radius 3 is 2.68 bits per heavy atom. The summed E-state index contributed by atoms with van der Waals surface area (Å²) in [6, 6.07) is 13.7. The van der Waals surface area contributed by atoms with Crippen LogP contribution in [0.3, 0.4) is 0 Å². The van der Waals surface area contributed by atoms with Crippen molar-refractivity contribution in [1.82, 2.24) is 15.6 Å². The Bertz CT molecular complexity index is 915. The molecule has 0 saturated carbocycles. The fourth-order valence-electron chi connectivity index (χ4n) is 2.68. The molecule has 0 radical (unpaired) electrons. The number of nitrogens with one attached hydrogen (secondary N) is 2. The number of aryl methyl sites for hydroxylation is 1. The quantitative estimate of drug-likeness (QED) is 0.418. The van der Waals surface area contributed by atoms with Gasteiger partial charge in [0.05, 0.1) is 18.8 Å². The van der Waals surface area contributed by atoms with Gasteiger partial charge in [-0.3, -0.25) is 0 Å².